The topological polar surface area (TPSA) is 50.7 Å². The van der Waals surface area contributed by atoms with Gasteiger partial charge in [-0.15, -0.1) is 22.7 Å². The summed E-state index contributed by atoms with van der Waals surface area (Å²) in [7, 11) is 0. The zero-order chi connectivity index (χ0) is 13.2. The minimum atomic E-state index is 0.234. The molecule has 3 heterocycles. The van der Waals surface area contributed by atoms with Gasteiger partial charge in [0.1, 0.15) is 5.82 Å². The zero-order valence-corrected chi connectivity index (χ0v) is 12.3. The first kappa shape index (κ1) is 12.5. The van der Waals surface area contributed by atoms with Crippen molar-refractivity contribution in [2.45, 2.75) is 6.92 Å². The van der Waals surface area contributed by atoms with Crippen LogP contribution in [0.15, 0.2) is 29.0 Å². The number of rotatable bonds is 3. The van der Waals surface area contributed by atoms with Crippen molar-refractivity contribution in [2.24, 2.45) is 0 Å². The molecular weight excluding hydrogens is 300 g/mol. The highest BCUT2D eigenvalue weighted by atomic mass is 35.5. The molecule has 0 unspecified atom stereocenters. The fourth-order valence-corrected chi connectivity index (χ4v) is 3.28. The van der Waals surface area contributed by atoms with E-state index >= 15 is 0 Å². The maximum atomic E-state index is 5.83. The molecule has 7 heteroatoms. The normalized spacial score (nSPS) is 10.6. The lowest BCUT2D eigenvalue weighted by Gasteiger charge is -2.02. The van der Waals surface area contributed by atoms with Crippen molar-refractivity contribution in [3.05, 3.63) is 39.9 Å². The standard InChI is InChI=1S/C12H9ClN4S2/c1-7-5-10(16-11(13)14-7)17-12-15-8(6-19-12)9-3-2-4-18-9/h2-6H,1H3,(H,14,15,16,17). The Labute approximate surface area is 123 Å². The Morgan fingerprint density at radius 2 is 2.11 bits per heavy atom. The zero-order valence-electron chi connectivity index (χ0n) is 9.92. The van der Waals surface area contributed by atoms with Crippen molar-refractivity contribution < 1.29 is 0 Å². The third-order valence-electron chi connectivity index (χ3n) is 2.34. The van der Waals surface area contributed by atoms with Gasteiger partial charge in [0.25, 0.3) is 0 Å². The summed E-state index contributed by atoms with van der Waals surface area (Å²) >= 11 is 9.03. The molecule has 0 radical (unpaired) electrons. The number of anilines is 2. The van der Waals surface area contributed by atoms with Crippen LogP contribution in [0.2, 0.25) is 5.28 Å². The van der Waals surface area contributed by atoms with Gasteiger partial charge >= 0.3 is 0 Å². The summed E-state index contributed by atoms with van der Waals surface area (Å²) in [5, 5.41) is 8.22. The Kier molecular flexibility index (Phi) is 3.46. The Morgan fingerprint density at radius 3 is 2.84 bits per heavy atom. The predicted molar refractivity (Wildman–Crippen MR) is 80.5 cm³/mol. The molecule has 19 heavy (non-hydrogen) atoms. The number of aromatic nitrogens is 3. The molecule has 3 rings (SSSR count). The third-order valence-corrected chi connectivity index (χ3v) is 4.16. The fraction of sp³-hybridized carbons (Fsp3) is 0.0833. The van der Waals surface area contributed by atoms with E-state index in [1.54, 1.807) is 11.3 Å². The smallest absolute Gasteiger partial charge is 0.224 e. The van der Waals surface area contributed by atoms with E-state index in [0.717, 1.165) is 21.4 Å². The van der Waals surface area contributed by atoms with E-state index < -0.39 is 0 Å². The first-order valence-electron chi connectivity index (χ1n) is 5.48. The molecule has 0 saturated heterocycles. The Morgan fingerprint density at radius 1 is 1.21 bits per heavy atom. The van der Waals surface area contributed by atoms with E-state index in [4.69, 9.17) is 11.6 Å². The van der Waals surface area contributed by atoms with Crippen LogP contribution in [-0.4, -0.2) is 15.0 Å². The highest BCUT2D eigenvalue weighted by Crippen LogP contribution is 2.29. The van der Waals surface area contributed by atoms with Gasteiger partial charge in [0.2, 0.25) is 5.28 Å². The van der Waals surface area contributed by atoms with Crippen molar-refractivity contribution in [3.63, 3.8) is 0 Å². The molecule has 0 amide bonds. The van der Waals surface area contributed by atoms with Gasteiger partial charge in [-0.2, -0.15) is 0 Å². The number of aryl methyl sites for hydroxylation is 1. The summed E-state index contributed by atoms with van der Waals surface area (Å²) in [4.78, 5) is 13.8. The van der Waals surface area contributed by atoms with Gasteiger partial charge in [0.15, 0.2) is 5.13 Å². The molecule has 3 aromatic heterocycles. The highest BCUT2D eigenvalue weighted by molar-refractivity contribution is 7.16. The number of nitrogens with zero attached hydrogens (tertiary/aromatic N) is 3. The van der Waals surface area contributed by atoms with Crippen molar-refractivity contribution in [1.82, 2.24) is 15.0 Å². The maximum Gasteiger partial charge on any atom is 0.224 e. The van der Waals surface area contributed by atoms with Crippen LogP contribution in [0.4, 0.5) is 10.9 Å². The van der Waals surface area contributed by atoms with E-state index in [2.05, 4.69) is 26.3 Å². The van der Waals surface area contributed by atoms with Gasteiger partial charge in [-0.05, 0) is 30.0 Å². The first-order chi connectivity index (χ1) is 9.20. The number of thiazole rings is 1. The van der Waals surface area contributed by atoms with Crippen molar-refractivity contribution in [2.75, 3.05) is 5.32 Å². The number of thiophene rings is 1. The molecule has 0 aliphatic heterocycles. The average Bonchev–Trinajstić information content (AvgIpc) is 2.96. The van der Waals surface area contributed by atoms with Gasteiger partial charge in [0.05, 0.1) is 10.6 Å². The summed E-state index contributed by atoms with van der Waals surface area (Å²) in [6.45, 7) is 1.87. The van der Waals surface area contributed by atoms with Crippen molar-refractivity contribution in [3.8, 4) is 10.6 Å². The SMILES string of the molecule is Cc1cc(Nc2nc(-c3cccs3)cs2)nc(Cl)n1. The molecule has 96 valence electrons. The highest BCUT2D eigenvalue weighted by Gasteiger charge is 2.07. The lowest BCUT2D eigenvalue weighted by molar-refractivity contribution is 1.10. The number of hydrogen-bond donors (Lipinski definition) is 1. The summed E-state index contributed by atoms with van der Waals surface area (Å²) < 4.78 is 0. The lowest BCUT2D eigenvalue weighted by atomic mass is 10.4. The molecule has 1 N–H and O–H groups in total. The first-order valence-corrected chi connectivity index (χ1v) is 7.62. The van der Waals surface area contributed by atoms with Gasteiger partial charge in [0, 0.05) is 17.1 Å². The second-order valence-corrected chi connectivity index (χ2v) is 5.95. The second kappa shape index (κ2) is 5.24. The molecule has 0 spiro atoms. The van der Waals surface area contributed by atoms with Gasteiger partial charge in [-0.25, -0.2) is 15.0 Å². The molecule has 0 aliphatic carbocycles. The van der Waals surface area contributed by atoms with E-state index in [1.807, 2.05) is 29.8 Å². The lowest BCUT2D eigenvalue weighted by Crippen LogP contribution is -1.96. The molecule has 0 bridgehead atoms. The second-order valence-electron chi connectivity index (χ2n) is 3.80. The van der Waals surface area contributed by atoms with Crippen molar-refractivity contribution >= 4 is 45.2 Å². The van der Waals surface area contributed by atoms with Crippen LogP contribution in [0.3, 0.4) is 0 Å². The van der Waals surface area contributed by atoms with Crippen LogP contribution in [0.25, 0.3) is 10.6 Å². The van der Waals surface area contributed by atoms with Crippen LogP contribution in [0.5, 0.6) is 0 Å². The Hall–Kier alpha value is -1.50. The average molecular weight is 309 g/mol. The van der Waals surface area contributed by atoms with Crippen LogP contribution in [0.1, 0.15) is 5.69 Å². The quantitative estimate of drug-likeness (QED) is 0.730. The van der Waals surface area contributed by atoms with Gasteiger partial charge in [-0.1, -0.05) is 6.07 Å². The number of nitrogens with one attached hydrogen (secondary N) is 1. The minimum Gasteiger partial charge on any atom is -0.316 e. The number of hydrogen-bond acceptors (Lipinski definition) is 6. The molecule has 0 aromatic carbocycles. The molecule has 0 atom stereocenters. The summed E-state index contributed by atoms with van der Waals surface area (Å²) in [6, 6.07) is 5.90. The van der Waals surface area contributed by atoms with Gasteiger partial charge < -0.3 is 5.32 Å². The predicted octanol–water partition coefficient (Wildman–Crippen LogP) is 4.37. The molecule has 0 saturated carbocycles. The fourth-order valence-electron chi connectivity index (χ4n) is 1.57. The molecular formula is C12H9ClN4S2. The van der Waals surface area contributed by atoms with Gasteiger partial charge in [-0.3, -0.25) is 0 Å². The largest absolute Gasteiger partial charge is 0.316 e. The van der Waals surface area contributed by atoms with E-state index in [0.29, 0.717) is 5.82 Å². The third kappa shape index (κ3) is 2.91. The van der Waals surface area contributed by atoms with E-state index in [9.17, 15) is 0 Å². The Bertz CT molecular complexity index is 673. The van der Waals surface area contributed by atoms with Crippen LogP contribution in [0, 0.1) is 6.92 Å². The van der Waals surface area contributed by atoms with E-state index in [1.165, 1.54) is 11.3 Å². The van der Waals surface area contributed by atoms with E-state index in [-0.39, 0.29) is 5.28 Å². The minimum absolute atomic E-state index is 0.234. The van der Waals surface area contributed by atoms with Crippen LogP contribution < -0.4 is 5.32 Å². The van der Waals surface area contributed by atoms with Crippen molar-refractivity contribution in [1.29, 1.82) is 0 Å². The van der Waals surface area contributed by atoms with Crippen LogP contribution >= 0.6 is 34.3 Å². The maximum absolute atomic E-state index is 5.83. The summed E-state index contributed by atoms with van der Waals surface area (Å²) in [5.74, 6) is 0.657. The summed E-state index contributed by atoms with van der Waals surface area (Å²) in [5.41, 5.74) is 1.79. The molecule has 0 aliphatic rings. The summed E-state index contributed by atoms with van der Waals surface area (Å²) in [6.07, 6.45) is 0. The van der Waals surface area contributed by atoms with Crippen LogP contribution in [-0.2, 0) is 0 Å². The monoisotopic (exact) mass is 308 g/mol. The molecule has 3 aromatic rings. The number of halogens is 1. The molecule has 4 nitrogen and oxygen atoms in total. The Balaban J connectivity index is 1.84. The molecule has 0 fully saturated rings.